The second kappa shape index (κ2) is 8.52. The van der Waals surface area contributed by atoms with E-state index in [0.717, 1.165) is 31.0 Å². The molecule has 0 saturated carbocycles. The van der Waals surface area contributed by atoms with Crippen molar-refractivity contribution in [2.75, 3.05) is 27.2 Å². The summed E-state index contributed by atoms with van der Waals surface area (Å²) in [6.07, 6.45) is 3.33. The maximum absolute atomic E-state index is 6.23. The largest absolute Gasteiger partial charge is 0.314 e. The monoisotopic (exact) mass is 268 g/mol. The molecule has 0 saturated heterocycles. The topological polar surface area (TPSA) is 15.3 Å². The van der Waals surface area contributed by atoms with Crippen LogP contribution in [0.25, 0.3) is 0 Å². The third-order valence-electron chi connectivity index (χ3n) is 3.03. The second-order valence-electron chi connectivity index (χ2n) is 5.04. The van der Waals surface area contributed by atoms with Gasteiger partial charge in [0.1, 0.15) is 0 Å². The molecule has 0 amide bonds. The molecule has 1 aromatic carbocycles. The molecule has 1 atom stereocenters. The summed E-state index contributed by atoms with van der Waals surface area (Å²) in [5, 5.41) is 4.50. The van der Waals surface area contributed by atoms with Gasteiger partial charge >= 0.3 is 0 Å². The molecule has 0 aromatic heterocycles. The van der Waals surface area contributed by atoms with Crippen molar-refractivity contribution in [3.63, 3.8) is 0 Å². The summed E-state index contributed by atoms with van der Waals surface area (Å²) in [5.74, 6) is 0. The number of rotatable bonds is 8. The first kappa shape index (κ1) is 15.5. The van der Waals surface area contributed by atoms with Crippen LogP contribution in [0.2, 0.25) is 5.02 Å². The van der Waals surface area contributed by atoms with Crippen LogP contribution in [0, 0.1) is 0 Å². The maximum atomic E-state index is 6.23. The Morgan fingerprint density at radius 3 is 2.61 bits per heavy atom. The van der Waals surface area contributed by atoms with Crippen molar-refractivity contribution in [2.45, 2.75) is 32.2 Å². The minimum atomic E-state index is 0.507. The van der Waals surface area contributed by atoms with Crippen LogP contribution in [0.1, 0.15) is 25.3 Å². The molecule has 0 heterocycles. The molecule has 102 valence electrons. The van der Waals surface area contributed by atoms with Crippen LogP contribution < -0.4 is 5.32 Å². The van der Waals surface area contributed by atoms with Gasteiger partial charge in [-0.2, -0.15) is 0 Å². The first-order valence-corrected chi connectivity index (χ1v) is 7.12. The van der Waals surface area contributed by atoms with E-state index >= 15 is 0 Å². The van der Waals surface area contributed by atoms with Crippen molar-refractivity contribution in [3.8, 4) is 0 Å². The molecule has 0 fully saturated rings. The first-order valence-electron chi connectivity index (χ1n) is 6.75. The Kier molecular flexibility index (Phi) is 7.33. The molecule has 0 radical (unpaired) electrons. The summed E-state index contributed by atoms with van der Waals surface area (Å²) < 4.78 is 0. The number of benzene rings is 1. The standard InChI is InChI=1S/C15H25ClN2/c1-4-10-17-14(9-11-18(2)3)12-13-7-5-6-8-15(13)16/h5-8,14,17H,4,9-12H2,1-3H3. The zero-order valence-electron chi connectivity index (χ0n) is 11.7. The Morgan fingerprint density at radius 1 is 1.28 bits per heavy atom. The highest BCUT2D eigenvalue weighted by Gasteiger charge is 2.11. The summed E-state index contributed by atoms with van der Waals surface area (Å²) in [7, 11) is 4.23. The van der Waals surface area contributed by atoms with Crippen LogP contribution in [0.5, 0.6) is 0 Å². The fourth-order valence-electron chi connectivity index (χ4n) is 1.97. The molecule has 3 heteroatoms. The van der Waals surface area contributed by atoms with Crippen LogP contribution in [0.4, 0.5) is 0 Å². The van der Waals surface area contributed by atoms with Crippen molar-refractivity contribution in [3.05, 3.63) is 34.9 Å². The zero-order chi connectivity index (χ0) is 13.4. The predicted octanol–water partition coefficient (Wildman–Crippen LogP) is 3.20. The average Bonchev–Trinajstić information content (AvgIpc) is 2.35. The average molecular weight is 269 g/mol. The summed E-state index contributed by atoms with van der Waals surface area (Å²) in [5.41, 5.74) is 1.24. The molecule has 1 unspecified atom stereocenters. The number of hydrogen-bond donors (Lipinski definition) is 1. The van der Waals surface area contributed by atoms with Gasteiger partial charge in [-0.1, -0.05) is 36.7 Å². The van der Waals surface area contributed by atoms with Crippen molar-refractivity contribution < 1.29 is 0 Å². The number of halogens is 1. The molecule has 1 N–H and O–H groups in total. The SMILES string of the molecule is CCCNC(CCN(C)C)Cc1ccccc1Cl. The fourth-order valence-corrected chi connectivity index (χ4v) is 2.18. The highest BCUT2D eigenvalue weighted by atomic mass is 35.5. The minimum Gasteiger partial charge on any atom is -0.314 e. The lowest BCUT2D eigenvalue weighted by molar-refractivity contribution is 0.356. The van der Waals surface area contributed by atoms with E-state index in [4.69, 9.17) is 11.6 Å². The van der Waals surface area contributed by atoms with E-state index in [9.17, 15) is 0 Å². The number of nitrogens with zero attached hydrogens (tertiary/aromatic N) is 1. The second-order valence-corrected chi connectivity index (χ2v) is 5.45. The molecule has 1 rings (SSSR count). The van der Waals surface area contributed by atoms with Crippen LogP contribution >= 0.6 is 11.6 Å². The number of nitrogens with one attached hydrogen (secondary N) is 1. The van der Waals surface area contributed by atoms with Gasteiger partial charge in [-0.3, -0.25) is 0 Å². The molecular weight excluding hydrogens is 244 g/mol. The van der Waals surface area contributed by atoms with Gasteiger partial charge in [-0.05, 0) is 58.1 Å². The summed E-state index contributed by atoms with van der Waals surface area (Å²) >= 11 is 6.23. The lowest BCUT2D eigenvalue weighted by atomic mass is 10.0. The van der Waals surface area contributed by atoms with Crippen molar-refractivity contribution in [1.82, 2.24) is 10.2 Å². The Bertz CT molecular complexity index is 339. The van der Waals surface area contributed by atoms with Gasteiger partial charge < -0.3 is 10.2 Å². The highest BCUT2D eigenvalue weighted by molar-refractivity contribution is 6.31. The molecule has 1 aromatic rings. The van der Waals surface area contributed by atoms with Gasteiger partial charge in [-0.25, -0.2) is 0 Å². The van der Waals surface area contributed by atoms with E-state index in [1.165, 1.54) is 12.0 Å². The quantitative estimate of drug-likeness (QED) is 0.779. The molecule has 0 aliphatic rings. The van der Waals surface area contributed by atoms with E-state index in [-0.39, 0.29) is 0 Å². The smallest absolute Gasteiger partial charge is 0.0438 e. The molecule has 0 spiro atoms. The van der Waals surface area contributed by atoms with Gasteiger partial charge in [0.2, 0.25) is 0 Å². The maximum Gasteiger partial charge on any atom is 0.0438 e. The molecule has 0 aliphatic carbocycles. The van der Waals surface area contributed by atoms with E-state index in [2.05, 4.69) is 43.4 Å². The van der Waals surface area contributed by atoms with Crippen molar-refractivity contribution in [2.24, 2.45) is 0 Å². The van der Waals surface area contributed by atoms with Crippen LogP contribution in [-0.4, -0.2) is 38.1 Å². The molecule has 18 heavy (non-hydrogen) atoms. The van der Waals surface area contributed by atoms with Gasteiger partial charge in [0, 0.05) is 11.1 Å². The molecule has 0 aliphatic heterocycles. The Balaban J connectivity index is 2.56. The van der Waals surface area contributed by atoms with Gasteiger partial charge in [0.15, 0.2) is 0 Å². The minimum absolute atomic E-state index is 0.507. The lowest BCUT2D eigenvalue weighted by Crippen LogP contribution is -2.34. The van der Waals surface area contributed by atoms with E-state index in [0.29, 0.717) is 6.04 Å². The Labute approximate surface area is 116 Å². The fraction of sp³-hybridized carbons (Fsp3) is 0.600. The summed E-state index contributed by atoms with van der Waals surface area (Å²) in [6.45, 7) is 4.37. The highest BCUT2D eigenvalue weighted by Crippen LogP contribution is 2.17. The zero-order valence-corrected chi connectivity index (χ0v) is 12.5. The van der Waals surface area contributed by atoms with Crippen LogP contribution in [0.15, 0.2) is 24.3 Å². The Morgan fingerprint density at radius 2 is 2.00 bits per heavy atom. The molecule has 0 bridgehead atoms. The Hall–Kier alpha value is -0.570. The summed E-state index contributed by atoms with van der Waals surface area (Å²) in [6, 6.07) is 8.65. The van der Waals surface area contributed by atoms with Gasteiger partial charge in [0.25, 0.3) is 0 Å². The number of hydrogen-bond acceptors (Lipinski definition) is 2. The predicted molar refractivity (Wildman–Crippen MR) is 80.4 cm³/mol. The first-order chi connectivity index (χ1) is 8.63. The van der Waals surface area contributed by atoms with Crippen LogP contribution in [0.3, 0.4) is 0 Å². The van der Waals surface area contributed by atoms with E-state index < -0.39 is 0 Å². The summed E-state index contributed by atoms with van der Waals surface area (Å²) in [4.78, 5) is 2.23. The normalized spacial score (nSPS) is 12.9. The lowest BCUT2D eigenvalue weighted by Gasteiger charge is -2.21. The third kappa shape index (κ3) is 5.85. The molecule has 2 nitrogen and oxygen atoms in total. The third-order valence-corrected chi connectivity index (χ3v) is 3.40. The van der Waals surface area contributed by atoms with E-state index in [1.54, 1.807) is 0 Å². The van der Waals surface area contributed by atoms with Crippen LogP contribution in [-0.2, 0) is 6.42 Å². The van der Waals surface area contributed by atoms with E-state index in [1.807, 2.05) is 12.1 Å². The van der Waals surface area contributed by atoms with Gasteiger partial charge in [0.05, 0.1) is 0 Å². The molecular formula is C15H25ClN2. The van der Waals surface area contributed by atoms with Crippen molar-refractivity contribution in [1.29, 1.82) is 0 Å². The van der Waals surface area contributed by atoms with Gasteiger partial charge in [-0.15, -0.1) is 0 Å². The van der Waals surface area contributed by atoms with Crippen molar-refractivity contribution >= 4 is 11.6 Å².